The number of fused-ring (bicyclic) bond motifs is 2. The summed E-state index contributed by atoms with van der Waals surface area (Å²) in [6, 6.07) is 3.78. The van der Waals surface area contributed by atoms with Crippen LogP contribution in [0.4, 0.5) is 5.95 Å². The van der Waals surface area contributed by atoms with Crippen LogP contribution in [0.3, 0.4) is 0 Å². The van der Waals surface area contributed by atoms with Crippen LogP contribution in [0.1, 0.15) is 43.0 Å². The maximum Gasteiger partial charge on any atom is 0.225 e. The highest BCUT2D eigenvalue weighted by molar-refractivity contribution is 5.39. The predicted molar refractivity (Wildman–Crippen MR) is 110 cm³/mol. The smallest absolute Gasteiger partial charge is 0.225 e. The highest BCUT2D eigenvalue weighted by atomic mass is 16.5. The summed E-state index contributed by atoms with van der Waals surface area (Å²) >= 11 is 0. The van der Waals surface area contributed by atoms with Gasteiger partial charge in [0.25, 0.3) is 0 Å². The molecule has 1 N–H and O–H groups in total. The Hall–Kier alpha value is -2.00. The van der Waals surface area contributed by atoms with Gasteiger partial charge in [-0.15, -0.1) is 0 Å². The van der Waals surface area contributed by atoms with Crippen LogP contribution in [0.25, 0.3) is 0 Å². The number of likely N-dealkylation sites (tertiary alicyclic amines) is 1. The number of ether oxygens (including phenoxy) is 2. The van der Waals surface area contributed by atoms with Gasteiger partial charge in [-0.1, -0.05) is 0 Å². The lowest BCUT2D eigenvalue weighted by Crippen LogP contribution is -2.47. The molecule has 30 heavy (non-hydrogen) atoms. The number of hydrogen-bond donors (Lipinski definition) is 1. The van der Waals surface area contributed by atoms with Gasteiger partial charge in [-0.2, -0.15) is 0 Å². The molecule has 0 aromatic carbocycles. The SMILES string of the molecule is C[C@@H]1CN(c2ncc3c(n2)[C@@]2(CCN(Cc4ccc(CO)o4)C2)COC3)C[C@@H](C)O1. The van der Waals surface area contributed by atoms with E-state index >= 15 is 0 Å². The van der Waals surface area contributed by atoms with Gasteiger partial charge in [0.15, 0.2) is 0 Å². The monoisotopic (exact) mass is 414 g/mol. The summed E-state index contributed by atoms with van der Waals surface area (Å²) in [6.07, 6.45) is 3.29. The molecule has 0 amide bonds. The minimum absolute atomic E-state index is 0.0658. The molecular weight excluding hydrogens is 384 g/mol. The van der Waals surface area contributed by atoms with Crippen molar-refractivity contribution in [2.45, 2.75) is 57.6 Å². The van der Waals surface area contributed by atoms with Gasteiger partial charge in [0, 0.05) is 31.4 Å². The molecule has 0 aliphatic carbocycles. The normalized spacial score (nSPS) is 29.5. The Morgan fingerprint density at radius 3 is 2.77 bits per heavy atom. The Bertz CT molecular complexity index is 893. The zero-order valence-electron chi connectivity index (χ0n) is 17.7. The number of morpholine rings is 1. The number of aliphatic hydroxyl groups excluding tert-OH is 1. The number of rotatable bonds is 4. The fourth-order valence-electron chi connectivity index (χ4n) is 5.10. The molecule has 3 aliphatic heterocycles. The van der Waals surface area contributed by atoms with Crippen LogP contribution < -0.4 is 4.90 Å². The van der Waals surface area contributed by atoms with E-state index in [-0.39, 0.29) is 24.2 Å². The van der Waals surface area contributed by atoms with Gasteiger partial charge in [0.1, 0.15) is 18.1 Å². The van der Waals surface area contributed by atoms with Crippen molar-refractivity contribution in [1.29, 1.82) is 0 Å². The maximum atomic E-state index is 9.24. The maximum absolute atomic E-state index is 9.24. The second-order valence-electron chi connectivity index (χ2n) is 8.97. The van der Waals surface area contributed by atoms with Crippen molar-refractivity contribution < 1.29 is 19.0 Å². The van der Waals surface area contributed by atoms with E-state index in [1.54, 1.807) is 0 Å². The third kappa shape index (κ3) is 3.73. The van der Waals surface area contributed by atoms with Crippen LogP contribution in [-0.4, -0.2) is 65.0 Å². The van der Waals surface area contributed by atoms with Crippen LogP contribution in [0.15, 0.2) is 22.7 Å². The lowest BCUT2D eigenvalue weighted by Gasteiger charge is -2.38. The molecule has 2 aromatic rings. The van der Waals surface area contributed by atoms with Crippen LogP contribution in [0.2, 0.25) is 0 Å². The molecule has 0 unspecified atom stereocenters. The van der Waals surface area contributed by atoms with Crippen LogP contribution in [0.5, 0.6) is 0 Å². The molecule has 162 valence electrons. The van der Waals surface area contributed by atoms with Crippen molar-refractivity contribution in [3.05, 3.63) is 41.1 Å². The van der Waals surface area contributed by atoms with Crippen molar-refractivity contribution in [2.75, 3.05) is 37.7 Å². The summed E-state index contributed by atoms with van der Waals surface area (Å²) in [5.41, 5.74) is 2.13. The van der Waals surface area contributed by atoms with Crippen molar-refractivity contribution in [3.8, 4) is 0 Å². The quantitative estimate of drug-likeness (QED) is 0.812. The van der Waals surface area contributed by atoms with Crippen LogP contribution in [0, 0.1) is 0 Å². The summed E-state index contributed by atoms with van der Waals surface area (Å²) in [7, 11) is 0. The van der Waals surface area contributed by atoms with E-state index in [1.165, 1.54) is 0 Å². The van der Waals surface area contributed by atoms with Gasteiger partial charge >= 0.3 is 0 Å². The first-order chi connectivity index (χ1) is 14.5. The third-order valence-corrected chi connectivity index (χ3v) is 6.38. The van der Waals surface area contributed by atoms with E-state index in [0.717, 1.165) is 62.1 Å². The summed E-state index contributed by atoms with van der Waals surface area (Å²) in [6.45, 7) is 9.58. The molecule has 8 heteroatoms. The number of nitrogens with zero attached hydrogens (tertiary/aromatic N) is 4. The second-order valence-corrected chi connectivity index (χ2v) is 8.97. The Kier molecular flexibility index (Phi) is 5.26. The van der Waals surface area contributed by atoms with Crippen LogP contribution >= 0.6 is 0 Å². The molecule has 5 heterocycles. The Labute approximate surface area is 176 Å². The van der Waals surface area contributed by atoms with Gasteiger partial charge in [-0.25, -0.2) is 9.97 Å². The number of hydrogen-bond acceptors (Lipinski definition) is 8. The number of aliphatic hydroxyl groups is 1. The third-order valence-electron chi connectivity index (χ3n) is 6.38. The van der Waals surface area contributed by atoms with Gasteiger partial charge in [0.05, 0.1) is 43.1 Å². The Morgan fingerprint density at radius 2 is 2.00 bits per heavy atom. The average molecular weight is 415 g/mol. The molecule has 2 fully saturated rings. The first-order valence-electron chi connectivity index (χ1n) is 10.8. The zero-order chi connectivity index (χ0) is 20.7. The van der Waals surface area contributed by atoms with Crippen LogP contribution in [-0.2, 0) is 34.6 Å². The summed E-state index contributed by atoms with van der Waals surface area (Å²) in [5.74, 6) is 2.29. The molecule has 3 atom stereocenters. The Morgan fingerprint density at radius 1 is 1.20 bits per heavy atom. The topological polar surface area (TPSA) is 84.1 Å². The van der Waals surface area contributed by atoms with E-state index in [2.05, 4.69) is 28.6 Å². The predicted octanol–water partition coefficient (Wildman–Crippen LogP) is 1.85. The zero-order valence-corrected chi connectivity index (χ0v) is 17.7. The highest BCUT2D eigenvalue weighted by Crippen LogP contribution is 2.40. The molecule has 5 rings (SSSR count). The molecule has 2 saturated heterocycles. The lowest BCUT2D eigenvalue weighted by atomic mass is 9.80. The second kappa shape index (κ2) is 7.92. The molecule has 1 spiro atoms. The largest absolute Gasteiger partial charge is 0.462 e. The summed E-state index contributed by atoms with van der Waals surface area (Å²) in [4.78, 5) is 14.4. The Balaban J connectivity index is 1.37. The van der Waals surface area contributed by atoms with Crippen molar-refractivity contribution in [2.24, 2.45) is 0 Å². The van der Waals surface area contributed by atoms with E-state index in [9.17, 15) is 5.11 Å². The van der Waals surface area contributed by atoms with E-state index < -0.39 is 0 Å². The van der Waals surface area contributed by atoms with Gasteiger partial charge in [0.2, 0.25) is 5.95 Å². The van der Waals surface area contributed by atoms with Gasteiger partial charge in [-0.3, -0.25) is 4.90 Å². The highest BCUT2D eigenvalue weighted by Gasteiger charge is 2.45. The van der Waals surface area contributed by atoms with E-state index in [0.29, 0.717) is 19.0 Å². The average Bonchev–Trinajstić information content (AvgIpc) is 3.35. The molecule has 0 saturated carbocycles. The number of furan rings is 1. The standard InChI is InChI=1S/C22H30N4O4/c1-15-8-26(9-16(2)29-15)21-23-7-17-12-28-14-22(20(17)24-21)5-6-25(13-22)10-18-3-4-19(11-27)30-18/h3-4,7,15-16,27H,5-6,8-14H2,1-2H3/t15-,16-,22-/m1/s1. The van der Waals surface area contributed by atoms with Crippen molar-refractivity contribution in [1.82, 2.24) is 14.9 Å². The van der Waals surface area contributed by atoms with Crippen molar-refractivity contribution >= 4 is 5.95 Å². The summed E-state index contributed by atoms with van der Waals surface area (Å²) < 4.78 is 17.5. The number of anilines is 1. The molecule has 0 radical (unpaired) electrons. The minimum atomic E-state index is -0.110. The molecular formula is C22H30N4O4. The summed E-state index contributed by atoms with van der Waals surface area (Å²) in [5, 5.41) is 9.24. The number of aromatic nitrogens is 2. The first-order valence-corrected chi connectivity index (χ1v) is 10.8. The molecule has 0 bridgehead atoms. The van der Waals surface area contributed by atoms with Gasteiger partial charge in [-0.05, 0) is 38.9 Å². The fourth-order valence-corrected chi connectivity index (χ4v) is 5.10. The molecule has 8 nitrogen and oxygen atoms in total. The minimum Gasteiger partial charge on any atom is -0.462 e. The van der Waals surface area contributed by atoms with E-state index in [4.69, 9.17) is 18.9 Å². The van der Waals surface area contributed by atoms with Crippen molar-refractivity contribution in [3.63, 3.8) is 0 Å². The molecule has 2 aromatic heterocycles. The fraction of sp³-hybridized carbons (Fsp3) is 0.636. The van der Waals surface area contributed by atoms with Gasteiger partial charge < -0.3 is 23.9 Å². The first kappa shape index (κ1) is 19.9. The lowest BCUT2D eigenvalue weighted by molar-refractivity contribution is -0.00584. The molecule has 3 aliphatic rings. The van der Waals surface area contributed by atoms with E-state index in [1.807, 2.05) is 18.3 Å².